The van der Waals surface area contributed by atoms with Crippen LogP contribution in [0.25, 0.3) is 0 Å². The van der Waals surface area contributed by atoms with Crippen molar-refractivity contribution in [1.29, 1.82) is 0 Å². The van der Waals surface area contributed by atoms with Crippen LogP contribution in [0.3, 0.4) is 0 Å². The van der Waals surface area contributed by atoms with Gasteiger partial charge in [0.25, 0.3) is 0 Å². The van der Waals surface area contributed by atoms with Crippen LogP contribution in [0.1, 0.15) is 47.6 Å². The summed E-state index contributed by atoms with van der Waals surface area (Å²) < 4.78 is 0. The molecule has 0 radical (unpaired) electrons. The van der Waals surface area contributed by atoms with Crippen LogP contribution in [0.4, 0.5) is 0 Å². The molecular formula is C30H36N2O2. The largest absolute Gasteiger partial charge is 0.354 e. The van der Waals surface area contributed by atoms with E-state index in [2.05, 4.69) is 30.4 Å². The number of hydrogen-bond acceptors (Lipinski definition) is 2. The zero-order chi connectivity index (χ0) is 24.3. The van der Waals surface area contributed by atoms with Crippen LogP contribution in [0.2, 0.25) is 0 Å². The first-order valence-electron chi connectivity index (χ1n) is 12.2. The van der Waals surface area contributed by atoms with Crippen LogP contribution < -0.4 is 5.32 Å². The number of benzene rings is 3. The molecule has 0 spiro atoms. The van der Waals surface area contributed by atoms with E-state index in [0.717, 1.165) is 40.7 Å². The van der Waals surface area contributed by atoms with Gasteiger partial charge in [0.2, 0.25) is 11.8 Å². The molecular weight excluding hydrogens is 420 g/mol. The van der Waals surface area contributed by atoms with E-state index in [1.54, 1.807) is 4.90 Å². The Morgan fingerprint density at radius 2 is 1.53 bits per heavy atom. The van der Waals surface area contributed by atoms with Crippen molar-refractivity contribution >= 4 is 11.8 Å². The van der Waals surface area contributed by atoms with Gasteiger partial charge in [-0.15, -0.1) is 0 Å². The van der Waals surface area contributed by atoms with E-state index >= 15 is 0 Å². The predicted molar refractivity (Wildman–Crippen MR) is 138 cm³/mol. The molecule has 3 rings (SSSR count). The summed E-state index contributed by atoms with van der Waals surface area (Å²) in [5.41, 5.74) is 5.27. The lowest BCUT2D eigenvalue weighted by Crippen LogP contribution is -2.51. The Kier molecular flexibility index (Phi) is 9.45. The maximum absolute atomic E-state index is 13.8. The lowest BCUT2D eigenvalue weighted by atomic mass is 9.99. The van der Waals surface area contributed by atoms with Crippen molar-refractivity contribution in [3.05, 3.63) is 107 Å². The average molecular weight is 457 g/mol. The summed E-state index contributed by atoms with van der Waals surface area (Å²) in [6, 6.07) is 25.5. The molecule has 34 heavy (non-hydrogen) atoms. The van der Waals surface area contributed by atoms with E-state index in [4.69, 9.17) is 0 Å². The van der Waals surface area contributed by atoms with Crippen LogP contribution in [0.5, 0.6) is 0 Å². The standard InChI is InChI=1S/C30H36N2O2/c1-4-5-18-31-30(34)28(20-25-12-8-6-9-13-25)32(22-26-14-10-7-11-15-26)29(33)21-27-19-23(2)16-17-24(27)3/h6-17,19,28H,4-5,18,20-22H2,1-3H3,(H,31,34)/t28-/m1/s1. The second-order valence-corrected chi connectivity index (χ2v) is 8.96. The third kappa shape index (κ3) is 7.31. The summed E-state index contributed by atoms with van der Waals surface area (Å²) in [6.45, 7) is 7.17. The van der Waals surface area contributed by atoms with Crippen LogP contribution in [0, 0.1) is 13.8 Å². The molecule has 0 aliphatic carbocycles. The molecule has 0 unspecified atom stereocenters. The fourth-order valence-electron chi connectivity index (χ4n) is 4.10. The van der Waals surface area contributed by atoms with Gasteiger partial charge >= 0.3 is 0 Å². The molecule has 0 aliphatic heterocycles. The predicted octanol–water partition coefficient (Wildman–Crippen LogP) is 5.40. The van der Waals surface area contributed by atoms with E-state index in [1.807, 2.05) is 74.5 Å². The Bertz CT molecular complexity index is 1060. The Hall–Kier alpha value is -3.40. The minimum Gasteiger partial charge on any atom is -0.354 e. The Morgan fingerprint density at radius 1 is 0.882 bits per heavy atom. The highest BCUT2D eigenvalue weighted by atomic mass is 16.2. The lowest BCUT2D eigenvalue weighted by molar-refractivity contribution is -0.140. The van der Waals surface area contributed by atoms with Gasteiger partial charge in [-0.3, -0.25) is 9.59 Å². The van der Waals surface area contributed by atoms with Crippen molar-refractivity contribution in [2.24, 2.45) is 0 Å². The number of carbonyl (C=O) groups excluding carboxylic acids is 2. The van der Waals surface area contributed by atoms with E-state index < -0.39 is 6.04 Å². The van der Waals surface area contributed by atoms with Crippen molar-refractivity contribution in [3.63, 3.8) is 0 Å². The maximum Gasteiger partial charge on any atom is 0.243 e. The molecule has 2 amide bonds. The summed E-state index contributed by atoms with van der Waals surface area (Å²) in [5, 5.41) is 3.08. The van der Waals surface area contributed by atoms with Crippen LogP contribution in [-0.4, -0.2) is 29.3 Å². The van der Waals surface area contributed by atoms with E-state index in [1.165, 1.54) is 0 Å². The van der Waals surface area contributed by atoms with Gasteiger partial charge in [-0.25, -0.2) is 0 Å². The van der Waals surface area contributed by atoms with Gasteiger partial charge in [-0.2, -0.15) is 0 Å². The number of nitrogens with one attached hydrogen (secondary N) is 1. The van der Waals surface area contributed by atoms with Gasteiger partial charge in [-0.1, -0.05) is 97.8 Å². The lowest BCUT2D eigenvalue weighted by Gasteiger charge is -2.32. The van der Waals surface area contributed by atoms with Crippen molar-refractivity contribution in [2.75, 3.05) is 6.54 Å². The number of unbranched alkanes of at least 4 members (excludes halogenated alkanes) is 1. The van der Waals surface area contributed by atoms with Gasteiger partial charge in [0.15, 0.2) is 0 Å². The summed E-state index contributed by atoms with van der Waals surface area (Å²) >= 11 is 0. The van der Waals surface area contributed by atoms with E-state index in [9.17, 15) is 9.59 Å². The zero-order valence-corrected chi connectivity index (χ0v) is 20.6. The number of rotatable bonds is 11. The second-order valence-electron chi connectivity index (χ2n) is 8.96. The van der Waals surface area contributed by atoms with Crippen LogP contribution in [0.15, 0.2) is 78.9 Å². The minimum atomic E-state index is -0.586. The molecule has 178 valence electrons. The van der Waals surface area contributed by atoms with E-state index in [0.29, 0.717) is 19.5 Å². The Labute approximate surface area is 204 Å². The highest BCUT2D eigenvalue weighted by Crippen LogP contribution is 2.18. The molecule has 0 bridgehead atoms. The molecule has 4 nitrogen and oxygen atoms in total. The summed E-state index contributed by atoms with van der Waals surface area (Å²) in [7, 11) is 0. The number of nitrogens with zero attached hydrogens (tertiary/aromatic N) is 1. The normalized spacial score (nSPS) is 11.6. The van der Waals surface area contributed by atoms with Crippen molar-refractivity contribution < 1.29 is 9.59 Å². The SMILES string of the molecule is CCCCNC(=O)[C@@H](Cc1ccccc1)N(Cc1ccccc1)C(=O)Cc1cc(C)ccc1C. The molecule has 3 aromatic carbocycles. The number of aryl methyl sites for hydroxylation is 2. The number of hydrogen-bond donors (Lipinski definition) is 1. The first kappa shape index (κ1) is 25.2. The Balaban J connectivity index is 1.94. The monoisotopic (exact) mass is 456 g/mol. The summed E-state index contributed by atoms with van der Waals surface area (Å²) in [5.74, 6) is -0.133. The van der Waals surface area contributed by atoms with Gasteiger partial charge < -0.3 is 10.2 Å². The van der Waals surface area contributed by atoms with Crippen molar-refractivity contribution in [1.82, 2.24) is 10.2 Å². The highest BCUT2D eigenvalue weighted by Gasteiger charge is 2.30. The molecule has 0 fully saturated rings. The van der Waals surface area contributed by atoms with Crippen LogP contribution >= 0.6 is 0 Å². The van der Waals surface area contributed by atoms with Crippen molar-refractivity contribution in [3.8, 4) is 0 Å². The fourth-order valence-corrected chi connectivity index (χ4v) is 4.10. The minimum absolute atomic E-state index is 0.0378. The first-order chi connectivity index (χ1) is 16.5. The van der Waals surface area contributed by atoms with Gasteiger partial charge in [0, 0.05) is 19.5 Å². The molecule has 0 saturated heterocycles. The molecule has 0 aliphatic rings. The quantitative estimate of drug-likeness (QED) is 0.393. The summed E-state index contributed by atoms with van der Waals surface area (Å²) in [4.78, 5) is 29.0. The molecule has 0 heterocycles. The molecule has 0 aromatic heterocycles. The topological polar surface area (TPSA) is 49.4 Å². The fraction of sp³-hybridized carbons (Fsp3) is 0.333. The third-order valence-corrected chi connectivity index (χ3v) is 6.14. The Morgan fingerprint density at radius 3 is 2.18 bits per heavy atom. The van der Waals surface area contributed by atoms with Crippen molar-refractivity contribution in [2.45, 2.75) is 59.0 Å². The van der Waals surface area contributed by atoms with Crippen LogP contribution in [-0.2, 0) is 29.0 Å². The van der Waals surface area contributed by atoms with Gasteiger partial charge in [-0.05, 0) is 42.5 Å². The third-order valence-electron chi connectivity index (χ3n) is 6.14. The van der Waals surface area contributed by atoms with Gasteiger partial charge in [0.05, 0.1) is 6.42 Å². The molecule has 3 aromatic rings. The maximum atomic E-state index is 13.8. The average Bonchev–Trinajstić information content (AvgIpc) is 2.85. The molecule has 0 saturated carbocycles. The molecule has 4 heteroatoms. The van der Waals surface area contributed by atoms with E-state index in [-0.39, 0.29) is 18.2 Å². The zero-order valence-electron chi connectivity index (χ0n) is 20.6. The second kappa shape index (κ2) is 12.7. The van der Waals surface area contributed by atoms with Gasteiger partial charge in [0.1, 0.15) is 6.04 Å². The smallest absolute Gasteiger partial charge is 0.243 e. The summed E-state index contributed by atoms with van der Waals surface area (Å²) in [6.07, 6.45) is 2.67. The molecule has 1 atom stereocenters. The molecule has 1 N–H and O–H groups in total. The first-order valence-corrected chi connectivity index (χ1v) is 12.2. The number of carbonyl (C=O) groups is 2. The number of amides is 2. The highest BCUT2D eigenvalue weighted by molar-refractivity contribution is 5.89.